The van der Waals surface area contributed by atoms with Crippen molar-refractivity contribution in [2.75, 3.05) is 0 Å². The predicted molar refractivity (Wildman–Crippen MR) is 90.1 cm³/mol. The first-order valence-electron chi connectivity index (χ1n) is 8.57. The molecule has 1 aromatic rings. The molecule has 4 nitrogen and oxygen atoms in total. The van der Waals surface area contributed by atoms with Crippen molar-refractivity contribution in [2.45, 2.75) is 63.7 Å². The lowest BCUT2D eigenvalue weighted by molar-refractivity contribution is -0.146. The van der Waals surface area contributed by atoms with E-state index in [1.54, 1.807) is 0 Å². The Morgan fingerprint density at radius 3 is 1.50 bits per heavy atom. The molecule has 1 aromatic carbocycles. The van der Waals surface area contributed by atoms with Crippen LogP contribution < -0.4 is 0 Å². The summed E-state index contributed by atoms with van der Waals surface area (Å²) >= 11 is 0. The van der Waals surface area contributed by atoms with Crippen LogP contribution in [0.1, 0.15) is 62.2 Å². The maximum Gasteiger partial charge on any atom is 0.164 e. The Morgan fingerprint density at radius 1 is 0.667 bits per heavy atom. The number of hydrogen-bond acceptors (Lipinski definition) is 4. The zero-order valence-corrected chi connectivity index (χ0v) is 14.4. The molecule has 0 unspecified atom stereocenters. The van der Waals surface area contributed by atoms with Gasteiger partial charge in [-0.25, -0.2) is 0 Å². The first-order valence-corrected chi connectivity index (χ1v) is 8.57. The Balaban J connectivity index is 1.68. The average Bonchev–Trinajstić information content (AvgIpc) is 2.99. The van der Waals surface area contributed by atoms with E-state index in [1.807, 2.05) is 27.7 Å². The third-order valence-corrected chi connectivity index (χ3v) is 5.11. The van der Waals surface area contributed by atoms with Crippen molar-refractivity contribution in [2.24, 2.45) is 0 Å². The van der Waals surface area contributed by atoms with Crippen LogP contribution in [0, 0.1) is 0 Å². The molecule has 0 aromatic heterocycles. The van der Waals surface area contributed by atoms with Crippen molar-refractivity contribution in [3.05, 3.63) is 46.5 Å². The van der Waals surface area contributed by atoms with Gasteiger partial charge in [-0.1, -0.05) is 36.4 Å². The van der Waals surface area contributed by atoms with E-state index in [-0.39, 0.29) is 24.4 Å². The second-order valence-corrected chi connectivity index (χ2v) is 7.83. The van der Waals surface area contributed by atoms with Gasteiger partial charge in [-0.3, -0.25) is 0 Å². The minimum atomic E-state index is -0.583. The predicted octanol–water partition coefficient (Wildman–Crippen LogP) is 4.13. The van der Waals surface area contributed by atoms with E-state index in [0.29, 0.717) is 0 Å². The molecule has 5 rings (SSSR count). The summed E-state index contributed by atoms with van der Waals surface area (Å²) in [5.74, 6) is -1.17. The van der Waals surface area contributed by atoms with Crippen LogP contribution in [0.5, 0.6) is 0 Å². The van der Waals surface area contributed by atoms with Crippen LogP contribution in [0.25, 0.3) is 12.2 Å². The largest absolute Gasteiger partial charge is 0.340 e. The van der Waals surface area contributed by atoms with Crippen molar-refractivity contribution in [1.29, 1.82) is 0 Å². The number of hydrogen-bond donors (Lipinski definition) is 0. The molecule has 4 aliphatic rings. The van der Waals surface area contributed by atoms with E-state index in [2.05, 4.69) is 36.4 Å². The second-order valence-electron chi connectivity index (χ2n) is 7.83. The Hall–Kier alpha value is -1.46. The van der Waals surface area contributed by atoms with Gasteiger partial charge in [0.05, 0.1) is 0 Å². The van der Waals surface area contributed by atoms with Crippen LogP contribution in [-0.2, 0) is 18.9 Å². The normalized spacial score (nSPS) is 36.8. The first-order chi connectivity index (χ1) is 11.3. The van der Waals surface area contributed by atoms with Gasteiger partial charge in [-0.2, -0.15) is 0 Å². The van der Waals surface area contributed by atoms with Crippen LogP contribution in [0.2, 0.25) is 0 Å². The van der Waals surface area contributed by atoms with E-state index < -0.39 is 11.6 Å². The Kier molecular flexibility index (Phi) is 2.83. The molecule has 2 aliphatic heterocycles. The van der Waals surface area contributed by atoms with Gasteiger partial charge in [-0.05, 0) is 49.9 Å². The van der Waals surface area contributed by atoms with Crippen molar-refractivity contribution >= 4 is 12.2 Å². The van der Waals surface area contributed by atoms with Gasteiger partial charge < -0.3 is 18.9 Å². The highest BCUT2D eigenvalue weighted by Crippen LogP contribution is 2.51. The molecule has 4 heteroatoms. The molecule has 4 atom stereocenters. The van der Waals surface area contributed by atoms with E-state index in [4.69, 9.17) is 18.9 Å². The van der Waals surface area contributed by atoms with Gasteiger partial charge in [-0.15, -0.1) is 0 Å². The monoisotopic (exact) mass is 326 g/mol. The Bertz CT molecular complexity index is 709. The van der Waals surface area contributed by atoms with Gasteiger partial charge >= 0.3 is 0 Å². The smallest absolute Gasteiger partial charge is 0.164 e. The minimum Gasteiger partial charge on any atom is -0.340 e. The molecular weight excluding hydrogens is 304 g/mol. The third kappa shape index (κ3) is 2.07. The van der Waals surface area contributed by atoms with E-state index in [0.717, 1.165) is 0 Å². The Labute approximate surface area is 142 Å². The summed E-state index contributed by atoms with van der Waals surface area (Å²) in [7, 11) is 0. The molecule has 0 bridgehead atoms. The molecule has 0 spiro atoms. The number of benzene rings is 1. The summed E-state index contributed by atoms with van der Waals surface area (Å²) in [6, 6.07) is 4.31. The second kappa shape index (κ2) is 4.58. The van der Waals surface area contributed by atoms with Crippen LogP contribution in [0.15, 0.2) is 24.3 Å². The number of rotatable bonds is 0. The molecule has 2 saturated heterocycles. The quantitative estimate of drug-likeness (QED) is 0.718. The average molecular weight is 326 g/mol. The highest BCUT2D eigenvalue weighted by Gasteiger charge is 2.49. The molecule has 0 N–H and O–H groups in total. The van der Waals surface area contributed by atoms with E-state index in [9.17, 15) is 0 Å². The molecule has 2 aliphatic carbocycles. The summed E-state index contributed by atoms with van der Waals surface area (Å²) in [6.45, 7) is 7.87. The zero-order valence-electron chi connectivity index (χ0n) is 14.4. The van der Waals surface area contributed by atoms with Gasteiger partial charge in [0.25, 0.3) is 0 Å². The molecular formula is C20H22O4. The molecule has 126 valence electrons. The summed E-state index contributed by atoms with van der Waals surface area (Å²) in [6.07, 6.45) is 8.15. The Morgan fingerprint density at radius 2 is 1.08 bits per heavy atom. The summed E-state index contributed by atoms with van der Waals surface area (Å²) < 4.78 is 24.6. The van der Waals surface area contributed by atoms with Gasteiger partial charge in [0.1, 0.15) is 24.4 Å². The molecule has 0 saturated carbocycles. The van der Waals surface area contributed by atoms with Crippen LogP contribution in [0.3, 0.4) is 0 Å². The number of fused-ring (bicyclic) bond motifs is 7. The van der Waals surface area contributed by atoms with Gasteiger partial charge in [0, 0.05) is 0 Å². The van der Waals surface area contributed by atoms with Crippen molar-refractivity contribution < 1.29 is 18.9 Å². The highest BCUT2D eigenvalue weighted by molar-refractivity contribution is 5.69. The van der Waals surface area contributed by atoms with Gasteiger partial charge in [0.15, 0.2) is 11.6 Å². The van der Waals surface area contributed by atoms with Crippen LogP contribution in [-0.4, -0.2) is 23.8 Å². The molecule has 2 fully saturated rings. The molecule has 0 amide bonds. The maximum absolute atomic E-state index is 6.25. The zero-order chi connectivity index (χ0) is 16.7. The number of ether oxygens (including phenoxy) is 4. The standard InChI is InChI=1S/C20H22O4/c1-19(2)21-13-9-7-11-5-6-12-8-10-14-18(24-20(3,4)22-14)16(12)15(11)17(13)23-19/h5-10,13-14,17-18H,1-4H3/t13-,14-,17-,18-/m0/s1. The lowest BCUT2D eigenvalue weighted by Crippen LogP contribution is -2.24. The summed E-state index contributed by atoms with van der Waals surface area (Å²) in [4.78, 5) is 0. The summed E-state index contributed by atoms with van der Waals surface area (Å²) in [5, 5.41) is 0. The van der Waals surface area contributed by atoms with Crippen LogP contribution >= 0.6 is 0 Å². The van der Waals surface area contributed by atoms with Crippen molar-refractivity contribution in [3.8, 4) is 0 Å². The third-order valence-electron chi connectivity index (χ3n) is 5.11. The fourth-order valence-corrected chi connectivity index (χ4v) is 4.30. The maximum atomic E-state index is 6.25. The lowest BCUT2D eigenvalue weighted by atomic mass is 9.81. The fraction of sp³-hybridized carbons (Fsp3) is 0.500. The minimum absolute atomic E-state index is 0.0568. The van der Waals surface area contributed by atoms with Crippen LogP contribution in [0.4, 0.5) is 0 Å². The highest BCUT2D eigenvalue weighted by atomic mass is 16.8. The van der Waals surface area contributed by atoms with E-state index in [1.165, 1.54) is 22.3 Å². The van der Waals surface area contributed by atoms with Gasteiger partial charge in [0.2, 0.25) is 0 Å². The molecule has 0 radical (unpaired) electrons. The topological polar surface area (TPSA) is 36.9 Å². The van der Waals surface area contributed by atoms with E-state index >= 15 is 0 Å². The first kappa shape index (κ1) is 14.8. The fourth-order valence-electron chi connectivity index (χ4n) is 4.30. The lowest BCUT2D eigenvalue weighted by Gasteiger charge is -2.30. The SMILES string of the molecule is CC1(C)O[C@H]2C=Cc3ccc4c(c3[C@H]2O1)[C@H]1OC(C)(C)O[C@H]1C=C4. The summed E-state index contributed by atoms with van der Waals surface area (Å²) in [5.41, 5.74) is 4.73. The molecule has 2 heterocycles. The molecule has 24 heavy (non-hydrogen) atoms. The van der Waals surface area contributed by atoms with Crippen molar-refractivity contribution in [3.63, 3.8) is 0 Å². The van der Waals surface area contributed by atoms with Crippen molar-refractivity contribution in [1.82, 2.24) is 0 Å².